The number of nitrogens with one attached hydrogen (secondary N) is 1. The molecule has 4 rings (SSSR count). The van der Waals surface area contributed by atoms with Gasteiger partial charge in [0.05, 0.1) is 20.8 Å². The van der Waals surface area contributed by atoms with Crippen molar-refractivity contribution < 1.29 is 4.79 Å². The fourth-order valence-electron chi connectivity index (χ4n) is 2.56. The summed E-state index contributed by atoms with van der Waals surface area (Å²) in [6.07, 6.45) is 0. The van der Waals surface area contributed by atoms with E-state index in [0.717, 1.165) is 23.3 Å². The van der Waals surface area contributed by atoms with Gasteiger partial charge in [-0.15, -0.1) is 11.3 Å². The first-order chi connectivity index (χ1) is 10.7. The van der Waals surface area contributed by atoms with Crippen LogP contribution in [0.5, 0.6) is 0 Å². The second-order valence-electron chi connectivity index (χ2n) is 4.87. The number of nitrogens with zero attached hydrogens (tertiary/aromatic N) is 3. The highest BCUT2D eigenvalue weighted by molar-refractivity contribution is 7.12. The molecule has 0 spiro atoms. The average molecular weight is 331 g/mol. The van der Waals surface area contributed by atoms with Gasteiger partial charge in [0.2, 0.25) is 5.62 Å². The van der Waals surface area contributed by atoms with E-state index in [1.807, 2.05) is 34.2 Å². The van der Waals surface area contributed by atoms with E-state index in [0.29, 0.717) is 22.1 Å². The van der Waals surface area contributed by atoms with Crippen molar-refractivity contribution in [1.29, 1.82) is 0 Å². The first kappa shape index (κ1) is 13.5. The van der Waals surface area contributed by atoms with E-state index in [-0.39, 0.29) is 5.91 Å². The lowest BCUT2D eigenvalue weighted by molar-refractivity contribution is 0.100. The van der Waals surface area contributed by atoms with Crippen LogP contribution in [0.1, 0.15) is 9.67 Å². The Morgan fingerprint density at radius 3 is 3.09 bits per heavy atom. The quantitative estimate of drug-likeness (QED) is 0.746. The zero-order valence-electron chi connectivity index (χ0n) is 11.4. The van der Waals surface area contributed by atoms with Gasteiger partial charge in [-0.1, -0.05) is 23.7 Å². The number of halogens is 1. The minimum Gasteiger partial charge on any atom is -0.369 e. The second-order valence-corrected chi connectivity index (χ2v) is 6.22. The first-order valence-corrected chi connectivity index (χ1v) is 8.05. The molecule has 1 aliphatic rings. The molecule has 1 aromatic carbocycles. The number of benzene rings is 1. The Hall–Kier alpha value is -2.18. The number of hydrogen-bond donors (Lipinski definition) is 1. The zero-order chi connectivity index (χ0) is 15.1. The number of aromatic nitrogens is 2. The fourth-order valence-corrected chi connectivity index (χ4v) is 3.42. The lowest BCUT2D eigenvalue weighted by atomic mass is 10.2. The number of fused-ring (bicyclic) bond motifs is 3. The van der Waals surface area contributed by atoms with Gasteiger partial charge in [-0.05, 0) is 23.6 Å². The summed E-state index contributed by atoms with van der Waals surface area (Å²) in [6, 6.07) is 9.14. The van der Waals surface area contributed by atoms with Gasteiger partial charge in [0.25, 0.3) is 5.91 Å². The van der Waals surface area contributed by atoms with Gasteiger partial charge >= 0.3 is 0 Å². The van der Waals surface area contributed by atoms with Gasteiger partial charge in [-0.2, -0.15) is 4.99 Å². The lowest BCUT2D eigenvalue weighted by Crippen LogP contribution is -2.24. The van der Waals surface area contributed by atoms with Crippen LogP contribution in [0.15, 0.2) is 40.7 Å². The minimum atomic E-state index is -0.273. The summed E-state index contributed by atoms with van der Waals surface area (Å²) in [5, 5.41) is 6.66. The summed E-state index contributed by atoms with van der Waals surface area (Å²) in [5.41, 5.74) is 1.14. The standard InChI is InChI=1S/C15H11ClN4OS/c16-9-3-1-4-10-12(9)13-17-6-7-20(13)15(18-10)19-14(21)11-5-2-8-22-11/h1-5,8,17H,6-7H2. The van der Waals surface area contributed by atoms with E-state index < -0.39 is 0 Å². The van der Waals surface area contributed by atoms with Crippen LogP contribution in [0.25, 0.3) is 10.9 Å². The molecule has 3 aromatic rings. The molecule has 5 nitrogen and oxygen atoms in total. The molecule has 0 saturated carbocycles. The molecule has 22 heavy (non-hydrogen) atoms. The number of thiophene rings is 1. The Morgan fingerprint density at radius 1 is 1.36 bits per heavy atom. The molecule has 0 bridgehead atoms. The molecule has 110 valence electrons. The number of rotatable bonds is 1. The maximum absolute atomic E-state index is 12.2. The van der Waals surface area contributed by atoms with Crippen molar-refractivity contribution in [1.82, 2.24) is 9.55 Å². The molecule has 2 aromatic heterocycles. The van der Waals surface area contributed by atoms with Crippen LogP contribution in [0.3, 0.4) is 0 Å². The van der Waals surface area contributed by atoms with Crippen LogP contribution in [0.2, 0.25) is 5.02 Å². The smallest absolute Gasteiger partial charge is 0.290 e. The van der Waals surface area contributed by atoms with Crippen LogP contribution in [0.4, 0.5) is 5.82 Å². The number of hydrogen-bond acceptors (Lipinski definition) is 4. The van der Waals surface area contributed by atoms with E-state index >= 15 is 0 Å². The molecule has 7 heteroatoms. The van der Waals surface area contributed by atoms with E-state index in [9.17, 15) is 4.79 Å². The van der Waals surface area contributed by atoms with E-state index in [1.54, 1.807) is 6.07 Å². The van der Waals surface area contributed by atoms with Crippen molar-refractivity contribution >= 4 is 45.6 Å². The van der Waals surface area contributed by atoms with E-state index in [1.165, 1.54) is 11.3 Å². The summed E-state index contributed by atoms with van der Waals surface area (Å²) in [5.74, 6) is 0.596. The topological polar surface area (TPSA) is 59.3 Å². The molecule has 1 aliphatic heterocycles. The van der Waals surface area contributed by atoms with Crippen LogP contribution in [-0.4, -0.2) is 22.0 Å². The first-order valence-electron chi connectivity index (χ1n) is 6.79. The van der Waals surface area contributed by atoms with Crippen molar-refractivity contribution in [2.45, 2.75) is 6.54 Å². The number of carbonyl (C=O) groups excluding carboxylic acids is 1. The summed E-state index contributed by atoms with van der Waals surface area (Å²) < 4.78 is 1.90. The molecular formula is C15H11ClN4OS. The molecule has 0 aliphatic carbocycles. The zero-order valence-corrected chi connectivity index (χ0v) is 13.0. The molecular weight excluding hydrogens is 320 g/mol. The summed E-state index contributed by atoms with van der Waals surface area (Å²) in [6.45, 7) is 1.47. The van der Waals surface area contributed by atoms with Gasteiger partial charge in [0.1, 0.15) is 5.82 Å². The Balaban J connectivity index is 1.98. The number of anilines is 1. The van der Waals surface area contributed by atoms with Crippen molar-refractivity contribution in [3.63, 3.8) is 0 Å². The Bertz CT molecular complexity index is 946. The Morgan fingerprint density at radius 2 is 2.27 bits per heavy atom. The average Bonchev–Trinajstić information content (AvgIpc) is 3.19. The molecule has 0 fully saturated rings. The maximum atomic E-state index is 12.2. The summed E-state index contributed by atoms with van der Waals surface area (Å²) in [4.78, 5) is 21.5. The minimum absolute atomic E-state index is 0.273. The molecule has 0 saturated heterocycles. The van der Waals surface area contributed by atoms with Crippen LogP contribution < -0.4 is 10.9 Å². The van der Waals surface area contributed by atoms with Gasteiger partial charge in [0, 0.05) is 13.1 Å². The largest absolute Gasteiger partial charge is 0.369 e. The van der Waals surface area contributed by atoms with E-state index in [4.69, 9.17) is 11.6 Å². The fraction of sp³-hybridized carbons (Fsp3) is 0.133. The number of amides is 1. The second kappa shape index (κ2) is 5.23. The monoisotopic (exact) mass is 330 g/mol. The van der Waals surface area contributed by atoms with Crippen molar-refractivity contribution in [3.8, 4) is 0 Å². The van der Waals surface area contributed by atoms with E-state index in [2.05, 4.69) is 15.3 Å². The lowest BCUT2D eigenvalue weighted by Gasteiger charge is -2.09. The van der Waals surface area contributed by atoms with Crippen molar-refractivity contribution in [2.75, 3.05) is 11.9 Å². The van der Waals surface area contributed by atoms with Gasteiger partial charge in [-0.25, -0.2) is 4.98 Å². The van der Waals surface area contributed by atoms with Crippen LogP contribution >= 0.6 is 22.9 Å². The summed E-state index contributed by atoms with van der Waals surface area (Å²) >= 11 is 7.66. The predicted molar refractivity (Wildman–Crippen MR) is 87.4 cm³/mol. The highest BCUT2D eigenvalue weighted by Gasteiger charge is 2.18. The summed E-state index contributed by atoms with van der Waals surface area (Å²) in [7, 11) is 0. The third kappa shape index (κ3) is 2.12. The van der Waals surface area contributed by atoms with Crippen molar-refractivity contribution in [3.05, 3.63) is 51.2 Å². The number of carbonyl (C=O) groups is 1. The van der Waals surface area contributed by atoms with Gasteiger partial charge in [-0.3, -0.25) is 9.36 Å². The molecule has 3 heterocycles. The molecule has 0 radical (unpaired) electrons. The van der Waals surface area contributed by atoms with Gasteiger partial charge in [0.15, 0.2) is 0 Å². The predicted octanol–water partition coefficient (Wildman–Crippen LogP) is 2.92. The van der Waals surface area contributed by atoms with Crippen molar-refractivity contribution in [2.24, 2.45) is 4.99 Å². The third-order valence-electron chi connectivity index (χ3n) is 3.52. The molecule has 0 unspecified atom stereocenters. The Kier molecular flexibility index (Phi) is 3.20. The van der Waals surface area contributed by atoms with Gasteiger partial charge < -0.3 is 5.32 Å². The molecule has 0 atom stereocenters. The molecule has 1 amide bonds. The highest BCUT2D eigenvalue weighted by atomic mass is 35.5. The molecule has 1 N–H and O–H groups in total. The normalized spacial score (nSPS) is 14.1. The maximum Gasteiger partial charge on any atom is 0.290 e. The SMILES string of the molecule is O=C(N=c1nc2cccc(Cl)c2c2n1CCN2)c1cccs1. The Labute approximate surface area is 134 Å². The highest BCUT2D eigenvalue weighted by Crippen LogP contribution is 2.29. The van der Waals surface area contributed by atoms with Crippen LogP contribution in [-0.2, 0) is 6.54 Å². The third-order valence-corrected chi connectivity index (χ3v) is 4.69. The van der Waals surface area contributed by atoms with Crippen LogP contribution in [0, 0.1) is 0 Å².